The van der Waals surface area contributed by atoms with E-state index in [4.69, 9.17) is 21.0 Å². The zero-order chi connectivity index (χ0) is 31.1. The third-order valence-corrected chi connectivity index (χ3v) is 8.54. The lowest BCUT2D eigenvalue weighted by molar-refractivity contribution is -0.153. The summed E-state index contributed by atoms with van der Waals surface area (Å²) >= 11 is 0.953. The van der Waals surface area contributed by atoms with Gasteiger partial charge < -0.3 is 36.4 Å². The molecule has 2 aliphatic heterocycles. The highest BCUT2D eigenvalue weighted by Gasteiger charge is 2.56. The van der Waals surface area contributed by atoms with Crippen LogP contribution in [0.1, 0.15) is 24.2 Å². The molecule has 2 aromatic rings. The van der Waals surface area contributed by atoms with Crippen LogP contribution in [0.2, 0.25) is 0 Å². The molecule has 0 spiro atoms. The van der Waals surface area contributed by atoms with Gasteiger partial charge in [-0.25, -0.2) is 18.9 Å². The van der Waals surface area contributed by atoms with Crippen molar-refractivity contribution in [3.8, 4) is 0 Å². The Morgan fingerprint density at radius 1 is 1.28 bits per heavy atom. The molecule has 2 aromatic heterocycles. The van der Waals surface area contributed by atoms with Gasteiger partial charge in [-0.15, -0.1) is 11.3 Å². The van der Waals surface area contributed by atoms with E-state index in [2.05, 4.69) is 25.7 Å². The third kappa shape index (κ3) is 6.21. The van der Waals surface area contributed by atoms with Crippen LogP contribution in [0.15, 0.2) is 16.7 Å². The number of thiazole rings is 1. The van der Waals surface area contributed by atoms with Gasteiger partial charge in [-0.2, -0.15) is 23.4 Å². The molecule has 20 nitrogen and oxygen atoms in total. The molecule has 3 fully saturated rings. The van der Waals surface area contributed by atoms with Crippen molar-refractivity contribution in [1.29, 1.82) is 0 Å². The Bertz CT molecular complexity index is 1580. The summed E-state index contributed by atoms with van der Waals surface area (Å²) in [6.45, 7) is 0.749. The van der Waals surface area contributed by atoms with Crippen molar-refractivity contribution in [2.45, 2.75) is 43.7 Å². The van der Waals surface area contributed by atoms with E-state index < -0.39 is 64.1 Å². The van der Waals surface area contributed by atoms with Crippen molar-refractivity contribution < 1.29 is 46.8 Å². The monoisotopic (exact) mass is 642 g/mol. The van der Waals surface area contributed by atoms with Crippen molar-refractivity contribution in [3.05, 3.63) is 23.0 Å². The van der Waals surface area contributed by atoms with Gasteiger partial charge in [-0.05, 0) is 6.54 Å². The molecule has 232 valence electrons. The molecule has 7 N–H and O–H groups in total. The molecular weight excluding hydrogens is 616 g/mol. The number of carboxylic acid groups (broad SMARTS) is 1. The van der Waals surface area contributed by atoms with Crippen molar-refractivity contribution >= 4 is 56.4 Å². The highest BCUT2D eigenvalue weighted by Crippen LogP contribution is 2.40. The van der Waals surface area contributed by atoms with E-state index in [0.29, 0.717) is 19.6 Å². The third-order valence-electron chi connectivity index (χ3n) is 6.92. The minimum atomic E-state index is -5.05. The molecule has 0 bridgehead atoms. The number of rotatable bonds is 12. The number of amides is 3. The highest BCUT2D eigenvalue weighted by molar-refractivity contribution is 7.84. The molecular formula is C21H26N10O10S2. The van der Waals surface area contributed by atoms with E-state index in [-0.39, 0.29) is 46.2 Å². The van der Waals surface area contributed by atoms with Gasteiger partial charge in [0, 0.05) is 37.2 Å². The molecule has 43 heavy (non-hydrogen) atoms. The van der Waals surface area contributed by atoms with E-state index >= 15 is 0 Å². The van der Waals surface area contributed by atoms with Crippen molar-refractivity contribution in [3.63, 3.8) is 0 Å². The molecule has 5 rings (SSSR count). The standard InChI is InChI=1S/C21H26N10O10S2/c22-3-10-5-29(6-10)20(36)40-8-11-4-24-30(27-11)7-13-15(17(33)31(13)43(37,38)39)26-16(32)14(12-9-42-19(23)25-12)28-41-21(1-2-21)18(34)35/h4,9-10,13,15H,1-3,5-8,22H2,(H2,23,25)(H,26,32)(H,34,35)(H,37,38,39)/b28-14-/t13-,15+/m1/s1. The summed E-state index contributed by atoms with van der Waals surface area (Å²) in [5.74, 6) is -3.30. The summed E-state index contributed by atoms with van der Waals surface area (Å²) in [6, 6.07) is -2.90. The maximum absolute atomic E-state index is 13.2. The molecule has 3 aliphatic rings. The van der Waals surface area contributed by atoms with Crippen LogP contribution in [0, 0.1) is 5.92 Å². The number of carbonyl (C=O) groups is 4. The Labute approximate surface area is 246 Å². The number of aliphatic carboxylic acids is 1. The molecule has 0 aromatic carbocycles. The first-order valence-electron chi connectivity index (χ1n) is 12.6. The first-order chi connectivity index (χ1) is 20.3. The van der Waals surface area contributed by atoms with Crippen LogP contribution < -0.4 is 16.8 Å². The van der Waals surface area contributed by atoms with Gasteiger partial charge in [0.1, 0.15) is 30.1 Å². The first-order valence-corrected chi connectivity index (χ1v) is 14.9. The number of carbonyl (C=O) groups excluding carboxylic acids is 3. The van der Waals surface area contributed by atoms with Crippen molar-refractivity contribution in [2.75, 3.05) is 25.4 Å². The lowest BCUT2D eigenvalue weighted by atomic mass is 9.98. The number of aromatic nitrogens is 4. The van der Waals surface area contributed by atoms with Crippen LogP contribution in [0.4, 0.5) is 9.93 Å². The number of nitrogens with one attached hydrogen (secondary N) is 1. The van der Waals surface area contributed by atoms with Gasteiger partial charge in [0.2, 0.25) is 5.60 Å². The number of ether oxygens (including phenoxy) is 1. The lowest BCUT2D eigenvalue weighted by Crippen LogP contribution is -2.73. The zero-order valence-corrected chi connectivity index (χ0v) is 23.7. The fraction of sp³-hybridized carbons (Fsp3) is 0.524. The summed E-state index contributed by atoms with van der Waals surface area (Å²) in [6.07, 6.45) is 0.987. The molecule has 3 amide bonds. The van der Waals surface area contributed by atoms with Gasteiger partial charge in [0.15, 0.2) is 10.8 Å². The highest BCUT2D eigenvalue weighted by atomic mass is 32.2. The number of nitrogens with two attached hydrogens (primary N) is 2. The van der Waals surface area contributed by atoms with Crippen LogP contribution in [0.5, 0.6) is 0 Å². The Kier molecular flexibility index (Phi) is 7.93. The second kappa shape index (κ2) is 11.3. The average molecular weight is 643 g/mol. The predicted octanol–water partition coefficient (Wildman–Crippen LogP) is -2.62. The number of likely N-dealkylation sites (tertiary alicyclic amines) is 1. The molecule has 2 atom stereocenters. The molecule has 1 aliphatic carbocycles. The van der Waals surface area contributed by atoms with Crippen LogP contribution >= 0.6 is 11.3 Å². The van der Waals surface area contributed by atoms with Gasteiger partial charge in [-0.3, -0.25) is 14.1 Å². The van der Waals surface area contributed by atoms with E-state index in [9.17, 15) is 37.3 Å². The maximum atomic E-state index is 13.2. The number of anilines is 1. The fourth-order valence-corrected chi connectivity index (χ4v) is 5.71. The fourth-order valence-electron chi connectivity index (χ4n) is 4.29. The molecule has 2 saturated heterocycles. The van der Waals surface area contributed by atoms with Crippen LogP contribution in [0.25, 0.3) is 0 Å². The summed E-state index contributed by atoms with van der Waals surface area (Å²) in [5, 5.41) is 24.8. The van der Waals surface area contributed by atoms with E-state index in [1.54, 1.807) is 0 Å². The molecule has 22 heteroatoms. The first kappa shape index (κ1) is 30.1. The Hall–Kier alpha value is -4.41. The number of nitrogen functional groups attached to an aromatic ring is 1. The topological polar surface area (TPSA) is 288 Å². The van der Waals surface area contributed by atoms with Gasteiger partial charge >= 0.3 is 22.4 Å². The van der Waals surface area contributed by atoms with Crippen LogP contribution in [0.3, 0.4) is 0 Å². The Morgan fingerprint density at radius 3 is 2.58 bits per heavy atom. The number of carboxylic acids is 1. The van der Waals surface area contributed by atoms with Gasteiger partial charge in [0.25, 0.3) is 11.8 Å². The number of oxime groups is 1. The summed E-state index contributed by atoms with van der Waals surface area (Å²) in [5.41, 5.74) is 9.19. The molecule has 0 unspecified atom stereocenters. The van der Waals surface area contributed by atoms with Crippen LogP contribution in [-0.4, -0.2) is 114 Å². The lowest BCUT2D eigenvalue weighted by Gasteiger charge is -2.43. The van der Waals surface area contributed by atoms with E-state index in [1.807, 2.05) is 0 Å². The summed E-state index contributed by atoms with van der Waals surface area (Å²) < 4.78 is 38.8. The zero-order valence-electron chi connectivity index (χ0n) is 22.1. The quantitative estimate of drug-likeness (QED) is 0.0685. The largest absolute Gasteiger partial charge is 0.478 e. The number of hydrogen-bond donors (Lipinski definition) is 5. The van der Waals surface area contributed by atoms with E-state index in [1.165, 1.54) is 16.5 Å². The summed E-state index contributed by atoms with van der Waals surface area (Å²) in [7, 11) is -5.05. The predicted molar refractivity (Wildman–Crippen MR) is 142 cm³/mol. The number of nitrogens with zero attached hydrogens (tertiary/aromatic N) is 7. The second-order valence-corrected chi connectivity index (χ2v) is 12.2. The molecule has 0 radical (unpaired) electrons. The maximum Gasteiger partial charge on any atom is 0.410 e. The van der Waals surface area contributed by atoms with Gasteiger partial charge in [-0.1, -0.05) is 5.16 Å². The molecule has 4 heterocycles. The number of β-lactam (4-membered cyclic amide) rings is 1. The summed E-state index contributed by atoms with van der Waals surface area (Å²) in [4.78, 5) is 61.1. The number of hydrogen-bond acceptors (Lipinski definition) is 15. The van der Waals surface area contributed by atoms with Crippen LogP contribution in [-0.2, 0) is 47.4 Å². The minimum absolute atomic E-state index is 0.0564. The normalized spacial score (nSPS) is 21.5. The SMILES string of the molecule is NCC1CN(C(=O)OCc2cnn(C[C@@H]3[C@H](NC(=O)/C(=N\OC4(C(=O)O)CC4)c4csc(N)n4)C(=O)N3S(=O)(=O)O)n2)C1. The Morgan fingerprint density at radius 2 is 2.00 bits per heavy atom. The van der Waals surface area contributed by atoms with Crippen molar-refractivity contribution in [2.24, 2.45) is 16.8 Å². The smallest absolute Gasteiger partial charge is 0.410 e. The Balaban J connectivity index is 1.28. The average Bonchev–Trinajstić information content (AvgIpc) is 3.38. The second-order valence-electron chi connectivity index (χ2n) is 9.98. The van der Waals surface area contributed by atoms with Crippen molar-refractivity contribution in [1.82, 2.24) is 34.5 Å². The minimum Gasteiger partial charge on any atom is -0.478 e. The van der Waals surface area contributed by atoms with Gasteiger partial charge in [0.05, 0.1) is 12.7 Å². The molecule has 1 saturated carbocycles. The van der Waals surface area contributed by atoms with E-state index in [0.717, 1.165) is 16.1 Å².